The minimum absolute atomic E-state index is 0.724. The molecule has 0 spiro atoms. The summed E-state index contributed by atoms with van der Waals surface area (Å²) in [4.78, 5) is 0. The van der Waals surface area contributed by atoms with Crippen LogP contribution >= 0.6 is 19.4 Å². The number of hydrogen-bond acceptors (Lipinski definition) is 1. The van der Waals surface area contributed by atoms with Gasteiger partial charge < -0.3 is 0 Å². The summed E-state index contributed by atoms with van der Waals surface area (Å²) in [5.41, 5.74) is 1.00. The molecule has 1 aromatic carbocycles. The van der Waals surface area contributed by atoms with Crippen LogP contribution in [0.1, 0.15) is 18.9 Å². The van der Waals surface area contributed by atoms with E-state index in [-0.39, 0.29) is 0 Å². The molecule has 0 aliphatic carbocycles. The molecule has 0 N–H and O–H groups in total. The predicted molar refractivity (Wildman–Crippen MR) is 59.1 cm³/mol. The molecule has 0 unspecified atom stereocenters. The quantitative estimate of drug-likeness (QED) is 0.771. The predicted octanol–water partition coefficient (Wildman–Crippen LogP) is 3.55. The Balaban J connectivity index is 2.86. The Morgan fingerprint density at radius 3 is 2.71 bits per heavy atom. The summed E-state index contributed by atoms with van der Waals surface area (Å²) in [6.07, 6.45) is 0.997. The monoisotopic (exact) mass is 320 g/mol. The van der Waals surface area contributed by atoms with E-state index in [1.54, 1.807) is 0 Å². The van der Waals surface area contributed by atoms with Crippen molar-refractivity contribution >= 4 is 24.0 Å². The molecule has 0 saturated carbocycles. The average Bonchev–Trinajstić information content (AvgIpc) is 2.16. The van der Waals surface area contributed by atoms with Crippen LogP contribution in [0.2, 0.25) is 0 Å². The van der Waals surface area contributed by atoms with Crippen LogP contribution in [0.25, 0.3) is 0 Å². The molecule has 0 heterocycles. The van der Waals surface area contributed by atoms with Gasteiger partial charge in [-0.1, -0.05) is 0 Å². The van der Waals surface area contributed by atoms with Gasteiger partial charge in [-0.2, -0.15) is 0 Å². The Labute approximate surface area is 97.5 Å². The first-order valence-electron chi connectivity index (χ1n) is 4.29. The molecule has 0 aliphatic heterocycles. The van der Waals surface area contributed by atoms with Crippen molar-refractivity contribution in [1.82, 2.24) is 0 Å². The van der Waals surface area contributed by atoms with Crippen molar-refractivity contribution in [3.63, 3.8) is 0 Å². The van der Waals surface area contributed by atoms with Gasteiger partial charge in [0.05, 0.1) is 0 Å². The first kappa shape index (κ1) is 12.2. The molecule has 4 heteroatoms. The van der Waals surface area contributed by atoms with Gasteiger partial charge in [-0.05, 0) is 0 Å². The van der Waals surface area contributed by atoms with Crippen molar-refractivity contribution in [3.8, 4) is 5.75 Å². The number of halogens is 2. The third-order valence-electron chi connectivity index (χ3n) is 1.57. The van der Waals surface area contributed by atoms with E-state index in [9.17, 15) is 0 Å². The molecule has 14 heavy (non-hydrogen) atoms. The average molecular weight is 320 g/mol. The summed E-state index contributed by atoms with van der Waals surface area (Å²) in [6.45, 7) is 2.80. The van der Waals surface area contributed by atoms with E-state index >= 15 is 0 Å². The SMILES string of the molecule is CCCOc1ccccc1[CH]=[Ru]([Cl])[Cl]. The number of rotatable bonds is 4. The van der Waals surface area contributed by atoms with Crippen LogP contribution in [0.5, 0.6) is 5.75 Å². The third kappa shape index (κ3) is 4.08. The van der Waals surface area contributed by atoms with Crippen molar-refractivity contribution in [2.75, 3.05) is 6.61 Å². The van der Waals surface area contributed by atoms with E-state index < -0.39 is 13.5 Å². The van der Waals surface area contributed by atoms with Crippen LogP contribution < -0.4 is 4.74 Å². The molecule has 0 atom stereocenters. The second-order valence-corrected chi connectivity index (χ2v) is 8.42. The van der Waals surface area contributed by atoms with E-state index in [0.29, 0.717) is 0 Å². The number of para-hydroxylation sites is 1. The van der Waals surface area contributed by atoms with Gasteiger partial charge in [-0.25, -0.2) is 0 Å². The first-order valence-corrected chi connectivity index (χ1v) is 9.77. The molecule has 1 nitrogen and oxygen atoms in total. The van der Waals surface area contributed by atoms with Crippen molar-refractivity contribution in [3.05, 3.63) is 29.8 Å². The Hall–Kier alpha value is 0.0934. The fourth-order valence-corrected chi connectivity index (χ4v) is 2.80. The molecule has 0 amide bonds. The van der Waals surface area contributed by atoms with E-state index in [1.165, 1.54) is 0 Å². The molecule has 0 saturated heterocycles. The third-order valence-corrected chi connectivity index (χ3v) is 3.40. The van der Waals surface area contributed by atoms with Gasteiger partial charge in [0.25, 0.3) is 0 Å². The van der Waals surface area contributed by atoms with Crippen LogP contribution in [0.4, 0.5) is 0 Å². The van der Waals surface area contributed by atoms with Gasteiger partial charge in [0.2, 0.25) is 0 Å². The van der Waals surface area contributed by atoms with Gasteiger partial charge in [-0.15, -0.1) is 0 Å². The molecule has 0 bridgehead atoms. The fourth-order valence-electron chi connectivity index (χ4n) is 0.991. The van der Waals surface area contributed by atoms with Gasteiger partial charge in [-0.3, -0.25) is 0 Å². The summed E-state index contributed by atoms with van der Waals surface area (Å²) >= 11 is -1.76. The van der Waals surface area contributed by atoms with Gasteiger partial charge in [0.1, 0.15) is 0 Å². The van der Waals surface area contributed by atoms with Crippen molar-refractivity contribution in [2.24, 2.45) is 0 Å². The van der Waals surface area contributed by atoms with Crippen molar-refractivity contribution in [2.45, 2.75) is 13.3 Å². The van der Waals surface area contributed by atoms with Gasteiger partial charge in [0.15, 0.2) is 0 Å². The normalized spacial score (nSPS) is 10.9. The summed E-state index contributed by atoms with van der Waals surface area (Å²) in [7, 11) is 11.6. The molecule has 0 aliphatic rings. The zero-order valence-electron chi connectivity index (χ0n) is 7.82. The number of ether oxygens (including phenoxy) is 1. The summed E-state index contributed by atoms with van der Waals surface area (Å²) in [6, 6.07) is 7.81. The van der Waals surface area contributed by atoms with Crippen LogP contribution in [0.15, 0.2) is 24.3 Å². The molecule has 1 rings (SSSR count). The summed E-state index contributed by atoms with van der Waals surface area (Å²) in [5, 5.41) is 0. The Morgan fingerprint density at radius 2 is 2.07 bits per heavy atom. The zero-order valence-corrected chi connectivity index (χ0v) is 11.1. The maximum atomic E-state index is 5.82. The second kappa shape index (κ2) is 6.55. The summed E-state index contributed by atoms with van der Waals surface area (Å²) < 4.78 is 7.46. The molecule has 1 aromatic rings. The molecular formula is C10H12Cl2ORu. The topological polar surface area (TPSA) is 9.23 Å². The first-order chi connectivity index (χ1) is 6.74. The Morgan fingerprint density at radius 1 is 1.36 bits per heavy atom. The van der Waals surface area contributed by atoms with E-state index in [0.717, 1.165) is 24.3 Å². The molecule has 0 radical (unpaired) electrons. The zero-order chi connectivity index (χ0) is 10.4. The van der Waals surface area contributed by atoms with Gasteiger partial charge in [0, 0.05) is 0 Å². The molecule has 0 fully saturated rings. The number of benzene rings is 1. The molecular weight excluding hydrogens is 308 g/mol. The molecule has 0 aromatic heterocycles. The van der Waals surface area contributed by atoms with Crippen molar-refractivity contribution < 1.29 is 18.3 Å². The van der Waals surface area contributed by atoms with Crippen LogP contribution in [-0.2, 0) is 13.5 Å². The van der Waals surface area contributed by atoms with E-state index in [2.05, 4.69) is 6.92 Å². The van der Waals surface area contributed by atoms with Crippen molar-refractivity contribution in [1.29, 1.82) is 0 Å². The fraction of sp³-hybridized carbons (Fsp3) is 0.300. The standard InChI is InChI=1S/C10H12O.2ClH.Ru/c1-3-8-11-10-7-5-4-6-9(10)2;;;/h2,4-7H,3,8H2,1H3;2*1H;/q;;;+2/p-2. The minimum atomic E-state index is -1.76. The van der Waals surface area contributed by atoms with E-state index in [4.69, 9.17) is 24.1 Å². The van der Waals surface area contributed by atoms with Crippen LogP contribution in [0.3, 0.4) is 0 Å². The second-order valence-electron chi connectivity index (χ2n) is 2.69. The van der Waals surface area contributed by atoms with Crippen LogP contribution in [-0.4, -0.2) is 11.2 Å². The Bertz CT molecular complexity index is 322. The summed E-state index contributed by atoms with van der Waals surface area (Å²) in [5.74, 6) is 0.870. The number of hydrogen-bond donors (Lipinski definition) is 0. The Kier molecular flexibility index (Phi) is 5.69. The molecule has 80 valence electrons. The van der Waals surface area contributed by atoms with Gasteiger partial charge >= 0.3 is 97.8 Å². The van der Waals surface area contributed by atoms with Crippen LogP contribution in [0, 0.1) is 0 Å². The maximum absolute atomic E-state index is 5.82. The van der Waals surface area contributed by atoms with E-state index in [1.807, 2.05) is 28.9 Å².